The molecule has 1 unspecified atom stereocenters. The normalized spacial score (nSPS) is 12.2. The van der Waals surface area contributed by atoms with Crippen molar-refractivity contribution in [3.63, 3.8) is 0 Å². The number of rotatable bonds is 6. The van der Waals surface area contributed by atoms with Crippen molar-refractivity contribution in [2.45, 2.75) is 26.1 Å². The number of aliphatic hydroxyl groups excluding tert-OH is 1. The van der Waals surface area contributed by atoms with Gasteiger partial charge >= 0.3 is 0 Å². The Balaban J connectivity index is 2.53. The van der Waals surface area contributed by atoms with E-state index in [2.05, 4.69) is 5.32 Å². The largest absolute Gasteiger partial charge is 0.393 e. The van der Waals surface area contributed by atoms with E-state index in [4.69, 9.17) is 9.84 Å². The van der Waals surface area contributed by atoms with Crippen LogP contribution in [-0.2, 0) is 11.3 Å². The van der Waals surface area contributed by atoms with Crippen molar-refractivity contribution < 1.29 is 14.6 Å². The van der Waals surface area contributed by atoms with Gasteiger partial charge in [-0.3, -0.25) is 4.79 Å². The Morgan fingerprint density at radius 1 is 1.53 bits per heavy atom. The summed E-state index contributed by atoms with van der Waals surface area (Å²) in [6.07, 6.45) is 0.166. The Kier molecular flexibility index (Phi) is 5.66. The van der Waals surface area contributed by atoms with Crippen LogP contribution in [0.5, 0.6) is 0 Å². The SMILES string of the molecule is COCc1cccc(C(=O)NCCC(C)O)c1. The molecular weight excluding hydrogens is 218 g/mol. The summed E-state index contributed by atoms with van der Waals surface area (Å²) in [5, 5.41) is 11.8. The zero-order valence-electron chi connectivity index (χ0n) is 10.3. The van der Waals surface area contributed by atoms with Crippen LogP contribution in [0.1, 0.15) is 29.3 Å². The van der Waals surface area contributed by atoms with E-state index < -0.39 is 6.10 Å². The second-order valence-electron chi connectivity index (χ2n) is 4.03. The van der Waals surface area contributed by atoms with Gasteiger partial charge in [-0.15, -0.1) is 0 Å². The van der Waals surface area contributed by atoms with Gasteiger partial charge in [-0.25, -0.2) is 0 Å². The van der Waals surface area contributed by atoms with Crippen molar-refractivity contribution in [3.8, 4) is 0 Å². The number of aliphatic hydroxyl groups is 1. The van der Waals surface area contributed by atoms with Crippen LogP contribution in [0.2, 0.25) is 0 Å². The van der Waals surface area contributed by atoms with Gasteiger partial charge in [0.2, 0.25) is 0 Å². The van der Waals surface area contributed by atoms with E-state index in [1.165, 1.54) is 0 Å². The molecule has 17 heavy (non-hydrogen) atoms. The first kappa shape index (κ1) is 13.7. The van der Waals surface area contributed by atoms with E-state index in [-0.39, 0.29) is 5.91 Å². The number of amides is 1. The van der Waals surface area contributed by atoms with Crippen LogP contribution in [0.4, 0.5) is 0 Å². The maximum atomic E-state index is 11.7. The topological polar surface area (TPSA) is 58.6 Å². The van der Waals surface area contributed by atoms with Crippen LogP contribution in [0.15, 0.2) is 24.3 Å². The van der Waals surface area contributed by atoms with E-state index in [9.17, 15) is 4.79 Å². The maximum absolute atomic E-state index is 11.7. The summed E-state index contributed by atoms with van der Waals surface area (Å²) in [6, 6.07) is 7.31. The molecule has 0 spiro atoms. The van der Waals surface area contributed by atoms with Gasteiger partial charge in [0.05, 0.1) is 12.7 Å². The summed E-state index contributed by atoms with van der Waals surface area (Å²) in [7, 11) is 1.62. The smallest absolute Gasteiger partial charge is 0.251 e. The van der Waals surface area contributed by atoms with Gasteiger partial charge in [-0.05, 0) is 31.0 Å². The lowest BCUT2D eigenvalue weighted by Crippen LogP contribution is -2.26. The molecule has 0 aliphatic heterocycles. The van der Waals surface area contributed by atoms with E-state index in [0.29, 0.717) is 25.1 Å². The second kappa shape index (κ2) is 7.04. The summed E-state index contributed by atoms with van der Waals surface area (Å²) in [6.45, 7) is 2.67. The second-order valence-corrected chi connectivity index (χ2v) is 4.03. The molecule has 1 rings (SSSR count). The summed E-state index contributed by atoms with van der Waals surface area (Å²) in [5.74, 6) is -0.122. The molecule has 4 nitrogen and oxygen atoms in total. The lowest BCUT2D eigenvalue weighted by molar-refractivity contribution is 0.0945. The fourth-order valence-electron chi connectivity index (χ4n) is 1.47. The quantitative estimate of drug-likeness (QED) is 0.784. The Morgan fingerprint density at radius 3 is 2.94 bits per heavy atom. The van der Waals surface area contributed by atoms with Crippen molar-refractivity contribution in [2.24, 2.45) is 0 Å². The van der Waals surface area contributed by atoms with Gasteiger partial charge in [0.15, 0.2) is 0 Å². The van der Waals surface area contributed by atoms with Crippen LogP contribution in [0.3, 0.4) is 0 Å². The first-order chi connectivity index (χ1) is 8.13. The van der Waals surface area contributed by atoms with Gasteiger partial charge in [0, 0.05) is 19.2 Å². The fraction of sp³-hybridized carbons (Fsp3) is 0.462. The summed E-state index contributed by atoms with van der Waals surface area (Å²) in [4.78, 5) is 11.7. The molecule has 0 aromatic heterocycles. The number of benzene rings is 1. The minimum atomic E-state index is -0.393. The van der Waals surface area contributed by atoms with Crippen LogP contribution in [0, 0.1) is 0 Å². The number of carbonyl (C=O) groups excluding carboxylic acids is 1. The van der Waals surface area contributed by atoms with Crippen LogP contribution in [0.25, 0.3) is 0 Å². The molecule has 0 saturated heterocycles. The van der Waals surface area contributed by atoms with Crippen molar-refractivity contribution in [2.75, 3.05) is 13.7 Å². The first-order valence-corrected chi connectivity index (χ1v) is 5.67. The number of carbonyl (C=O) groups is 1. The molecule has 4 heteroatoms. The third-order valence-electron chi connectivity index (χ3n) is 2.35. The highest BCUT2D eigenvalue weighted by Gasteiger charge is 2.06. The Labute approximate surface area is 102 Å². The molecule has 0 saturated carbocycles. The van der Waals surface area contributed by atoms with E-state index >= 15 is 0 Å². The average Bonchev–Trinajstić information content (AvgIpc) is 2.29. The summed E-state index contributed by atoms with van der Waals surface area (Å²) in [5.41, 5.74) is 1.58. The highest BCUT2D eigenvalue weighted by molar-refractivity contribution is 5.94. The predicted octanol–water partition coefficient (Wildman–Crippen LogP) is 1.33. The molecule has 0 aliphatic carbocycles. The van der Waals surface area contributed by atoms with Crippen molar-refractivity contribution >= 4 is 5.91 Å². The first-order valence-electron chi connectivity index (χ1n) is 5.67. The highest BCUT2D eigenvalue weighted by atomic mass is 16.5. The minimum absolute atomic E-state index is 0.122. The van der Waals surface area contributed by atoms with Crippen molar-refractivity contribution in [3.05, 3.63) is 35.4 Å². The van der Waals surface area contributed by atoms with Gasteiger partial charge in [0.1, 0.15) is 0 Å². The monoisotopic (exact) mass is 237 g/mol. The van der Waals surface area contributed by atoms with Crippen molar-refractivity contribution in [1.29, 1.82) is 0 Å². The lowest BCUT2D eigenvalue weighted by Gasteiger charge is -2.07. The molecule has 0 fully saturated rings. The number of hydrogen-bond donors (Lipinski definition) is 2. The Bertz CT molecular complexity index is 363. The molecule has 0 radical (unpaired) electrons. The lowest BCUT2D eigenvalue weighted by atomic mass is 10.1. The molecule has 2 N–H and O–H groups in total. The predicted molar refractivity (Wildman–Crippen MR) is 65.8 cm³/mol. The van der Waals surface area contributed by atoms with E-state index in [1.807, 2.05) is 12.1 Å². The van der Waals surface area contributed by atoms with E-state index in [1.54, 1.807) is 26.2 Å². The number of methoxy groups -OCH3 is 1. The zero-order valence-corrected chi connectivity index (χ0v) is 10.3. The third kappa shape index (κ3) is 4.97. The summed E-state index contributed by atoms with van der Waals surface area (Å²) >= 11 is 0. The van der Waals surface area contributed by atoms with Crippen LogP contribution in [-0.4, -0.2) is 30.8 Å². The van der Waals surface area contributed by atoms with Gasteiger partial charge in [0.25, 0.3) is 5.91 Å². The summed E-state index contributed by atoms with van der Waals surface area (Å²) < 4.78 is 5.01. The molecular formula is C13H19NO3. The Hall–Kier alpha value is -1.39. The molecule has 1 aromatic rings. The zero-order chi connectivity index (χ0) is 12.7. The standard InChI is InChI=1S/C13H19NO3/c1-10(15)6-7-14-13(16)12-5-3-4-11(8-12)9-17-2/h3-5,8,10,15H,6-7,9H2,1-2H3,(H,14,16). The molecule has 1 amide bonds. The third-order valence-corrected chi connectivity index (χ3v) is 2.35. The minimum Gasteiger partial charge on any atom is -0.393 e. The fourth-order valence-corrected chi connectivity index (χ4v) is 1.47. The number of nitrogens with one attached hydrogen (secondary N) is 1. The maximum Gasteiger partial charge on any atom is 0.251 e. The molecule has 1 atom stereocenters. The molecule has 0 aliphatic rings. The van der Waals surface area contributed by atoms with E-state index in [0.717, 1.165) is 5.56 Å². The van der Waals surface area contributed by atoms with Gasteiger partial charge in [-0.2, -0.15) is 0 Å². The molecule has 1 aromatic carbocycles. The average molecular weight is 237 g/mol. The number of ether oxygens (including phenoxy) is 1. The van der Waals surface area contributed by atoms with Crippen LogP contribution < -0.4 is 5.32 Å². The van der Waals surface area contributed by atoms with Gasteiger partial charge < -0.3 is 15.2 Å². The van der Waals surface area contributed by atoms with Gasteiger partial charge in [-0.1, -0.05) is 12.1 Å². The molecule has 0 bridgehead atoms. The molecule has 94 valence electrons. The highest BCUT2D eigenvalue weighted by Crippen LogP contribution is 2.06. The van der Waals surface area contributed by atoms with Crippen LogP contribution >= 0.6 is 0 Å². The Morgan fingerprint density at radius 2 is 2.29 bits per heavy atom. The molecule has 0 heterocycles. The number of hydrogen-bond acceptors (Lipinski definition) is 3. The van der Waals surface area contributed by atoms with Crippen molar-refractivity contribution in [1.82, 2.24) is 5.32 Å².